The lowest BCUT2D eigenvalue weighted by molar-refractivity contribution is 0.101. The molecule has 0 atom stereocenters. The zero-order valence-corrected chi connectivity index (χ0v) is 15.1. The number of ether oxygens (including phenoxy) is 2. The molecule has 4 rings (SSSR count). The molecule has 142 valence electrons. The number of rotatable bonds is 4. The SMILES string of the molecule is CC(=O)c1ccc(N2CCN(Cc3cc4c(cc3O)OCO4)CC2)c(F)c1. The normalized spacial score (nSPS) is 16.6. The molecule has 2 aromatic carbocycles. The molecule has 0 aromatic heterocycles. The number of hydrogen-bond donors (Lipinski definition) is 1. The number of carbonyl (C=O) groups excluding carboxylic acids is 1. The largest absolute Gasteiger partial charge is 0.507 e. The van der Waals surface area contributed by atoms with E-state index in [1.165, 1.54) is 13.0 Å². The molecule has 27 heavy (non-hydrogen) atoms. The molecule has 0 saturated carbocycles. The molecule has 6 nitrogen and oxygen atoms in total. The lowest BCUT2D eigenvalue weighted by atomic mass is 10.1. The molecule has 0 unspecified atom stereocenters. The third-order valence-electron chi connectivity index (χ3n) is 5.03. The first-order valence-corrected chi connectivity index (χ1v) is 8.90. The Labute approximate surface area is 156 Å². The highest BCUT2D eigenvalue weighted by atomic mass is 19.1. The monoisotopic (exact) mass is 372 g/mol. The number of ketones is 1. The summed E-state index contributed by atoms with van der Waals surface area (Å²) in [5, 5.41) is 10.2. The lowest BCUT2D eigenvalue weighted by Gasteiger charge is -2.36. The average Bonchev–Trinajstić information content (AvgIpc) is 3.09. The van der Waals surface area contributed by atoms with Crippen molar-refractivity contribution in [1.82, 2.24) is 4.90 Å². The Hall–Kier alpha value is -2.80. The predicted molar refractivity (Wildman–Crippen MR) is 98.1 cm³/mol. The maximum Gasteiger partial charge on any atom is 0.231 e. The molecule has 2 heterocycles. The number of phenols is 1. The van der Waals surface area contributed by atoms with E-state index in [-0.39, 0.29) is 24.1 Å². The smallest absolute Gasteiger partial charge is 0.231 e. The van der Waals surface area contributed by atoms with E-state index in [2.05, 4.69) is 4.90 Å². The van der Waals surface area contributed by atoms with Gasteiger partial charge in [-0.15, -0.1) is 0 Å². The first-order valence-electron chi connectivity index (χ1n) is 8.90. The fraction of sp³-hybridized carbons (Fsp3) is 0.350. The summed E-state index contributed by atoms with van der Waals surface area (Å²) in [6.07, 6.45) is 0. The molecule has 0 radical (unpaired) electrons. The van der Waals surface area contributed by atoms with Gasteiger partial charge in [-0.05, 0) is 31.2 Å². The molecule has 1 saturated heterocycles. The second-order valence-electron chi connectivity index (χ2n) is 6.82. The van der Waals surface area contributed by atoms with Crippen LogP contribution in [-0.2, 0) is 6.54 Å². The summed E-state index contributed by atoms with van der Waals surface area (Å²) in [4.78, 5) is 15.6. The molecule has 1 N–H and O–H groups in total. The first kappa shape index (κ1) is 17.6. The fourth-order valence-electron chi connectivity index (χ4n) is 3.47. The molecule has 7 heteroatoms. The number of piperazine rings is 1. The van der Waals surface area contributed by atoms with Gasteiger partial charge in [-0.3, -0.25) is 9.69 Å². The van der Waals surface area contributed by atoms with E-state index in [0.29, 0.717) is 42.4 Å². The third kappa shape index (κ3) is 3.55. The van der Waals surface area contributed by atoms with Crippen LogP contribution in [0.5, 0.6) is 17.2 Å². The maximum atomic E-state index is 14.4. The van der Waals surface area contributed by atoms with Gasteiger partial charge in [0.05, 0.1) is 5.69 Å². The van der Waals surface area contributed by atoms with Gasteiger partial charge in [-0.2, -0.15) is 0 Å². The molecule has 1 fully saturated rings. The summed E-state index contributed by atoms with van der Waals surface area (Å²) in [5.41, 5.74) is 1.68. The van der Waals surface area contributed by atoms with Crippen LogP contribution >= 0.6 is 0 Å². The standard InChI is InChI=1S/C20H21FN2O4/c1-13(24)14-2-3-17(16(21)8-14)23-6-4-22(5-7-23)11-15-9-19-20(10-18(15)25)27-12-26-19/h2-3,8-10,25H,4-7,11-12H2,1H3. The van der Waals surface area contributed by atoms with Gasteiger partial charge >= 0.3 is 0 Å². The third-order valence-corrected chi connectivity index (χ3v) is 5.03. The van der Waals surface area contributed by atoms with Crippen molar-refractivity contribution in [3.05, 3.63) is 47.3 Å². The van der Waals surface area contributed by atoms with Crippen LogP contribution in [0, 0.1) is 5.82 Å². The van der Waals surface area contributed by atoms with Gasteiger partial charge in [0.1, 0.15) is 11.6 Å². The van der Waals surface area contributed by atoms with Crippen LogP contribution in [0.15, 0.2) is 30.3 Å². The number of anilines is 1. The topological polar surface area (TPSA) is 62.2 Å². The van der Waals surface area contributed by atoms with Crippen molar-refractivity contribution in [2.75, 3.05) is 37.9 Å². The van der Waals surface area contributed by atoms with E-state index in [1.54, 1.807) is 18.2 Å². The summed E-state index contributed by atoms with van der Waals surface area (Å²) in [6.45, 7) is 5.00. The predicted octanol–water partition coefficient (Wildman–Crippen LogP) is 2.78. The summed E-state index contributed by atoms with van der Waals surface area (Å²) in [6, 6.07) is 8.03. The van der Waals surface area contributed by atoms with E-state index in [9.17, 15) is 14.3 Å². The average molecular weight is 372 g/mol. The summed E-state index contributed by atoms with van der Waals surface area (Å²) in [7, 11) is 0. The van der Waals surface area contributed by atoms with Crippen LogP contribution in [0.4, 0.5) is 10.1 Å². The molecule has 0 amide bonds. The number of nitrogens with zero attached hydrogens (tertiary/aromatic N) is 2. The number of fused-ring (bicyclic) bond motifs is 1. The minimum Gasteiger partial charge on any atom is -0.507 e. The molecular weight excluding hydrogens is 351 g/mol. The van der Waals surface area contributed by atoms with Crippen LogP contribution in [0.3, 0.4) is 0 Å². The van der Waals surface area contributed by atoms with Crippen molar-refractivity contribution in [3.63, 3.8) is 0 Å². The molecular formula is C20H21FN2O4. The van der Waals surface area contributed by atoms with Crippen molar-refractivity contribution >= 4 is 11.5 Å². The quantitative estimate of drug-likeness (QED) is 0.833. The van der Waals surface area contributed by atoms with Crippen LogP contribution in [-0.4, -0.2) is 48.8 Å². The van der Waals surface area contributed by atoms with Gasteiger partial charge < -0.3 is 19.5 Å². The van der Waals surface area contributed by atoms with Crippen molar-refractivity contribution in [1.29, 1.82) is 0 Å². The van der Waals surface area contributed by atoms with E-state index < -0.39 is 0 Å². The molecule has 2 aromatic rings. The molecule has 0 aliphatic carbocycles. The zero-order chi connectivity index (χ0) is 19.0. The Balaban J connectivity index is 1.40. The Morgan fingerprint density at radius 3 is 2.48 bits per heavy atom. The van der Waals surface area contributed by atoms with E-state index >= 15 is 0 Å². The van der Waals surface area contributed by atoms with E-state index in [1.807, 2.05) is 11.0 Å². The van der Waals surface area contributed by atoms with Crippen LogP contribution in [0.1, 0.15) is 22.8 Å². The number of carbonyl (C=O) groups is 1. The van der Waals surface area contributed by atoms with Crippen molar-refractivity contribution in [3.8, 4) is 17.2 Å². The highest BCUT2D eigenvalue weighted by Crippen LogP contribution is 2.38. The van der Waals surface area contributed by atoms with E-state index in [4.69, 9.17) is 9.47 Å². The summed E-state index contributed by atoms with van der Waals surface area (Å²) >= 11 is 0. The number of hydrogen-bond acceptors (Lipinski definition) is 6. The van der Waals surface area contributed by atoms with Crippen molar-refractivity contribution in [2.45, 2.75) is 13.5 Å². The summed E-state index contributed by atoms with van der Waals surface area (Å²) < 4.78 is 25.0. The van der Waals surface area contributed by atoms with Crippen molar-refractivity contribution in [2.24, 2.45) is 0 Å². The Morgan fingerprint density at radius 2 is 1.81 bits per heavy atom. The second kappa shape index (κ2) is 7.08. The minimum absolute atomic E-state index is 0.145. The van der Waals surface area contributed by atoms with Crippen molar-refractivity contribution < 1.29 is 23.8 Å². The van der Waals surface area contributed by atoms with E-state index in [0.717, 1.165) is 18.7 Å². The zero-order valence-electron chi connectivity index (χ0n) is 15.1. The van der Waals surface area contributed by atoms with Gasteiger partial charge in [-0.25, -0.2) is 4.39 Å². The lowest BCUT2D eigenvalue weighted by Crippen LogP contribution is -2.46. The molecule has 2 aliphatic heterocycles. The maximum absolute atomic E-state index is 14.4. The highest BCUT2D eigenvalue weighted by molar-refractivity contribution is 5.94. The molecule has 0 spiro atoms. The van der Waals surface area contributed by atoms with Gasteiger partial charge in [0.2, 0.25) is 6.79 Å². The molecule has 2 aliphatic rings. The number of phenolic OH excluding ortho intramolecular Hbond substituents is 1. The van der Waals surface area contributed by atoms with Gasteiger partial charge in [-0.1, -0.05) is 0 Å². The number of aromatic hydroxyl groups is 1. The Bertz CT molecular complexity index is 879. The second-order valence-corrected chi connectivity index (χ2v) is 6.82. The van der Waals surface area contributed by atoms with Gasteiger partial charge in [0.15, 0.2) is 17.3 Å². The Morgan fingerprint density at radius 1 is 1.11 bits per heavy atom. The first-order chi connectivity index (χ1) is 13.0. The number of benzene rings is 2. The number of Topliss-reactive ketones (excluding diaryl/α,β-unsaturated/α-hetero) is 1. The van der Waals surface area contributed by atoms with Gasteiger partial charge in [0.25, 0.3) is 0 Å². The minimum atomic E-state index is -0.371. The van der Waals surface area contributed by atoms with Crippen LogP contribution in [0.2, 0.25) is 0 Å². The highest BCUT2D eigenvalue weighted by Gasteiger charge is 2.23. The fourth-order valence-corrected chi connectivity index (χ4v) is 3.47. The summed E-state index contributed by atoms with van der Waals surface area (Å²) in [5.74, 6) is 0.880. The number of halogens is 1. The Kier molecular flexibility index (Phi) is 4.61. The van der Waals surface area contributed by atoms with Crippen LogP contribution in [0.25, 0.3) is 0 Å². The molecule has 0 bridgehead atoms. The van der Waals surface area contributed by atoms with Crippen LogP contribution < -0.4 is 14.4 Å². The van der Waals surface area contributed by atoms with Gasteiger partial charge in [0, 0.05) is 49.9 Å².